The van der Waals surface area contributed by atoms with Crippen molar-refractivity contribution in [2.75, 3.05) is 4.90 Å². The number of carboxylic acids is 2. The molecule has 6 aromatic carbocycles. The van der Waals surface area contributed by atoms with Gasteiger partial charge in [-0.1, -0.05) is 206 Å². The number of carboxylic acid groups (broad SMARTS) is 2. The number of hydrogen-bond donors (Lipinski definition) is 2. The molecule has 9 heteroatoms. The van der Waals surface area contributed by atoms with E-state index in [-0.39, 0.29) is 16.7 Å². The fraction of sp³-hybridized carbons (Fsp3) is 0.233. The number of rotatable bonds is 27. The molecule has 0 fully saturated rings. The molecule has 2 aromatic heterocycles. The van der Waals surface area contributed by atoms with Gasteiger partial charge in [0.25, 0.3) is 5.70 Å². The van der Waals surface area contributed by atoms with Gasteiger partial charge in [0.15, 0.2) is 0 Å². The predicted molar refractivity (Wildman–Crippen MR) is 342 cm³/mol. The van der Waals surface area contributed by atoms with Gasteiger partial charge in [-0.2, -0.15) is 5.26 Å². The zero-order valence-corrected chi connectivity index (χ0v) is 48.5. The second-order valence-electron chi connectivity index (χ2n) is 21.1. The number of anilines is 3. The lowest BCUT2D eigenvalue weighted by molar-refractivity contribution is -0.133. The molecule has 0 spiro atoms. The summed E-state index contributed by atoms with van der Waals surface area (Å²) in [6.07, 6.45) is 24.4. The largest absolute Gasteiger partial charge is 0.486 e. The van der Waals surface area contributed by atoms with E-state index in [1.54, 1.807) is 6.07 Å². The number of nitriles is 1. The first-order valence-electron chi connectivity index (χ1n) is 28.8. The molecule has 0 atom stereocenters. The van der Waals surface area contributed by atoms with Crippen molar-refractivity contribution in [3.05, 3.63) is 252 Å². The molecule has 412 valence electrons. The SMILES string of the molecule is [C-]#[N+]/C(=C\c1ccc(/C(=C/c2ccc(N(c3ccc(/C=C(\c4ccccc4)c4ccc(/C=C(\C#N)C(=O)O)s4)cc3)c3ccc4c(c3)C(CCCCCCCC)(CCCCCCCC)c3ccccc3-4)cc2)c2ccccc2)s1)C(=O)O. The Morgan fingerprint density at radius 2 is 0.988 bits per heavy atom. The zero-order valence-electron chi connectivity index (χ0n) is 46.8. The van der Waals surface area contributed by atoms with E-state index in [1.165, 1.54) is 134 Å². The minimum Gasteiger partial charge on any atom is -0.486 e. The topological polar surface area (TPSA) is 106 Å². The lowest BCUT2D eigenvalue weighted by Crippen LogP contribution is -2.26. The molecule has 2 heterocycles. The summed E-state index contributed by atoms with van der Waals surface area (Å²) in [5, 5.41) is 28.7. The van der Waals surface area contributed by atoms with Crippen LogP contribution < -0.4 is 4.90 Å². The third-order valence-electron chi connectivity index (χ3n) is 15.6. The first-order chi connectivity index (χ1) is 40.1. The molecule has 7 nitrogen and oxygen atoms in total. The van der Waals surface area contributed by atoms with Crippen LogP contribution in [-0.2, 0) is 15.0 Å². The number of aliphatic carboxylic acids is 2. The fourth-order valence-corrected chi connectivity index (χ4v) is 13.4. The highest BCUT2D eigenvalue weighted by Gasteiger charge is 2.42. The van der Waals surface area contributed by atoms with E-state index in [9.17, 15) is 25.1 Å². The Hall–Kier alpha value is -8.60. The standard InChI is InChI=1S/C73H69N3O4S2/c1-4-6-8-10-12-22-44-73(45-23-13-11-9-7-5-2)66-29-21-20-28-62(66)63-41-38-59(49-67(63)73)76(57-34-30-52(31-35-57)46-64(54-24-16-14-17-25-54)69-42-39-60(81-69)48-56(51-74)71(77)78)58-36-32-53(33-37-58)47-65(55-26-18-15-19-27-55)70-43-40-61(82-70)50-68(75-3)72(79)80/h14-21,24-43,46-50H,4-13,22-23,44-45H2,1-2H3,(H,77,78)(H,79,80)/b56-48+,64-46+,65-47+,68-50-. The van der Waals surface area contributed by atoms with Crippen molar-refractivity contribution >= 4 is 87.1 Å². The number of unbranched alkanes of at least 4 members (excludes halogenated alkanes) is 10. The number of benzene rings is 6. The van der Waals surface area contributed by atoms with Crippen molar-refractivity contribution in [3.8, 4) is 17.2 Å². The van der Waals surface area contributed by atoms with Crippen LogP contribution >= 0.6 is 22.7 Å². The van der Waals surface area contributed by atoms with Crippen molar-refractivity contribution < 1.29 is 19.8 Å². The Labute approximate surface area is 492 Å². The number of carbonyl (C=O) groups is 2. The van der Waals surface area contributed by atoms with Crippen LogP contribution in [0.25, 0.3) is 51.4 Å². The van der Waals surface area contributed by atoms with E-state index in [1.807, 2.05) is 60.7 Å². The van der Waals surface area contributed by atoms with Gasteiger partial charge < -0.3 is 15.1 Å². The predicted octanol–water partition coefficient (Wildman–Crippen LogP) is 20.6. The van der Waals surface area contributed by atoms with Crippen molar-refractivity contribution in [2.24, 2.45) is 0 Å². The van der Waals surface area contributed by atoms with E-state index in [0.29, 0.717) is 9.75 Å². The molecule has 8 aromatic rings. The summed E-state index contributed by atoms with van der Waals surface area (Å²) in [7, 11) is 0. The minimum absolute atomic E-state index is 0.113. The second kappa shape index (κ2) is 28.2. The monoisotopic (exact) mass is 1120 g/mol. The Bertz CT molecular complexity index is 3510. The highest BCUT2D eigenvalue weighted by atomic mass is 32.1. The van der Waals surface area contributed by atoms with Crippen LogP contribution in [0.2, 0.25) is 0 Å². The molecular formula is C73H69N3O4S2. The molecule has 9 rings (SSSR count). The van der Waals surface area contributed by atoms with Crippen molar-refractivity contribution in [2.45, 2.75) is 109 Å². The average Bonchev–Trinajstić information content (AvgIpc) is 3.41. The molecule has 0 saturated heterocycles. The van der Waals surface area contributed by atoms with Gasteiger partial charge in [-0.05, 0) is 153 Å². The van der Waals surface area contributed by atoms with Gasteiger partial charge in [0.05, 0.1) is 6.57 Å². The highest BCUT2D eigenvalue weighted by molar-refractivity contribution is 7.14. The van der Waals surface area contributed by atoms with Crippen molar-refractivity contribution in [1.29, 1.82) is 5.26 Å². The first kappa shape index (κ1) is 58.1. The van der Waals surface area contributed by atoms with Crippen LogP contribution in [-0.4, -0.2) is 22.2 Å². The molecule has 0 saturated carbocycles. The third-order valence-corrected chi connectivity index (χ3v) is 17.7. The number of nitrogens with zero attached hydrogens (tertiary/aromatic N) is 3. The van der Waals surface area contributed by atoms with E-state index in [4.69, 9.17) is 6.57 Å². The van der Waals surface area contributed by atoms with E-state index < -0.39 is 11.9 Å². The Morgan fingerprint density at radius 1 is 0.524 bits per heavy atom. The average molecular weight is 1120 g/mol. The summed E-state index contributed by atoms with van der Waals surface area (Å²) in [5.41, 5.74) is 13.9. The van der Waals surface area contributed by atoms with Crippen LogP contribution in [0.1, 0.15) is 157 Å². The van der Waals surface area contributed by atoms with Crippen LogP contribution in [0.5, 0.6) is 0 Å². The maximum Gasteiger partial charge on any atom is 0.346 e. The van der Waals surface area contributed by atoms with Gasteiger partial charge in [-0.25, -0.2) is 9.64 Å². The molecule has 0 aliphatic heterocycles. The Morgan fingerprint density at radius 3 is 1.48 bits per heavy atom. The molecule has 0 amide bonds. The zero-order chi connectivity index (χ0) is 57.3. The number of fused-ring (bicyclic) bond motifs is 3. The summed E-state index contributed by atoms with van der Waals surface area (Å²) in [5.74, 6) is -2.50. The van der Waals surface area contributed by atoms with Crippen LogP contribution in [0.4, 0.5) is 17.1 Å². The van der Waals surface area contributed by atoms with Crippen molar-refractivity contribution in [3.63, 3.8) is 0 Å². The molecule has 82 heavy (non-hydrogen) atoms. The second-order valence-corrected chi connectivity index (χ2v) is 23.3. The quantitative estimate of drug-likeness (QED) is 0.0175. The maximum atomic E-state index is 11.8. The highest BCUT2D eigenvalue weighted by Crippen LogP contribution is 2.56. The van der Waals surface area contributed by atoms with Gasteiger partial charge in [0.2, 0.25) is 0 Å². The lowest BCUT2D eigenvalue weighted by Gasteiger charge is -2.34. The maximum absolute atomic E-state index is 11.8. The molecule has 1 aliphatic carbocycles. The van der Waals surface area contributed by atoms with Gasteiger partial charge in [-0.15, -0.1) is 22.7 Å². The molecule has 0 bridgehead atoms. The molecule has 2 N–H and O–H groups in total. The summed E-state index contributed by atoms with van der Waals surface area (Å²) in [4.78, 5) is 32.4. The summed E-state index contributed by atoms with van der Waals surface area (Å²) < 4.78 is 0. The van der Waals surface area contributed by atoms with Gasteiger partial charge in [0, 0.05) is 42.0 Å². The first-order valence-corrected chi connectivity index (χ1v) is 30.4. The van der Waals surface area contributed by atoms with Gasteiger partial charge >= 0.3 is 11.9 Å². The van der Waals surface area contributed by atoms with Crippen molar-refractivity contribution in [1.82, 2.24) is 0 Å². The van der Waals surface area contributed by atoms with E-state index >= 15 is 0 Å². The summed E-state index contributed by atoms with van der Waals surface area (Å²) >= 11 is 2.90. The van der Waals surface area contributed by atoms with Crippen LogP contribution in [0, 0.1) is 17.9 Å². The number of thiophene rings is 2. The molecular weight excluding hydrogens is 1050 g/mol. The smallest absolute Gasteiger partial charge is 0.346 e. The van der Waals surface area contributed by atoms with Gasteiger partial charge in [-0.3, -0.25) is 4.79 Å². The summed E-state index contributed by atoms with van der Waals surface area (Å²) in [6.45, 7) is 12.0. The van der Waals surface area contributed by atoms with E-state index in [2.05, 4.69) is 151 Å². The third kappa shape index (κ3) is 13.9. The Kier molecular flexibility index (Phi) is 20.0. The van der Waals surface area contributed by atoms with Crippen LogP contribution in [0.15, 0.2) is 187 Å². The van der Waals surface area contributed by atoms with Gasteiger partial charge in [0.1, 0.15) is 11.6 Å². The van der Waals surface area contributed by atoms with Crippen LogP contribution in [0.3, 0.4) is 0 Å². The number of hydrogen-bond acceptors (Lipinski definition) is 6. The summed E-state index contributed by atoms with van der Waals surface area (Å²) in [6, 6.07) is 63.6. The lowest BCUT2D eigenvalue weighted by atomic mass is 9.70. The molecule has 0 unspecified atom stereocenters. The minimum atomic E-state index is -1.25. The Balaban J connectivity index is 1.15. The fourth-order valence-electron chi connectivity index (χ4n) is 11.4. The van der Waals surface area contributed by atoms with E-state index in [0.717, 1.165) is 73.1 Å². The molecule has 1 aliphatic rings. The normalized spacial score (nSPS) is 13.0. The molecule has 0 radical (unpaired) electrons.